The van der Waals surface area contributed by atoms with Gasteiger partial charge in [0, 0.05) is 7.05 Å². The third-order valence-corrected chi connectivity index (χ3v) is 1.37. The van der Waals surface area contributed by atoms with Gasteiger partial charge in [-0.2, -0.15) is 0 Å². The standard InChI is InChI=1S/C4H7B2NO/c1-7-4(5,6)2-3-8-7/h2-3H2,1H3. The molecule has 4 radical (unpaired) electrons. The third kappa shape index (κ3) is 0.906. The molecule has 2 nitrogen and oxygen atoms in total. The molecule has 0 aromatic heterocycles. The van der Waals surface area contributed by atoms with Crippen molar-refractivity contribution >= 4 is 15.7 Å². The molecule has 0 aromatic carbocycles. The molecule has 0 N–H and O–H groups in total. The fourth-order valence-electron chi connectivity index (χ4n) is 0.624. The molecular weight excluding hydrogens is 99.7 g/mol. The van der Waals surface area contributed by atoms with Crippen molar-refractivity contribution in [3.05, 3.63) is 0 Å². The summed E-state index contributed by atoms with van der Waals surface area (Å²) in [6.07, 6.45) is 0.698. The first-order valence-corrected chi connectivity index (χ1v) is 2.57. The first-order chi connectivity index (χ1) is 3.63. The predicted octanol–water partition coefficient (Wildman–Crippen LogP) is -0.756. The van der Waals surface area contributed by atoms with Crippen LogP contribution in [0.1, 0.15) is 6.42 Å². The van der Waals surface area contributed by atoms with Gasteiger partial charge in [0.25, 0.3) is 0 Å². The highest BCUT2D eigenvalue weighted by Crippen LogP contribution is 2.17. The monoisotopic (exact) mass is 107 g/mol. The Labute approximate surface area is 52.0 Å². The number of nitrogens with zero attached hydrogens (tertiary/aromatic N) is 1. The van der Waals surface area contributed by atoms with Crippen LogP contribution in [-0.4, -0.2) is 39.7 Å². The molecule has 4 heteroatoms. The Hall–Kier alpha value is 0.0499. The molecule has 0 aromatic rings. The first-order valence-electron chi connectivity index (χ1n) is 2.57. The van der Waals surface area contributed by atoms with E-state index in [1.54, 1.807) is 7.05 Å². The molecule has 0 amide bonds. The summed E-state index contributed by atoms with van der Waals surface area (Å²) in [4.78, 5) is 4.95. The minimum absolute atomic E-state index is 0.628. The van der Waals surface area contributed by atoms with Gasteiger partial charge in [-0.3, -0.25) is 0 Å². The second kappa shape index (κ2) is 1.78. The minimum Gasteiger partial charge on any atom is -0.300 e. The van der Waals surface area contributed by atoms with E-state index in [1.165, 1.54) is 5.06 Å². The Morgan fingerprint density at radius 3 is 2.38 bits per heavy atom. The summed E-state index contributed by atoms with van der Waals surface area (Å²) in [6.45, 7) is 0.628. The summed E-state index contributed by atoms with van der Waals surface area (Å²) < 4.78 is 0. The van der Waals surface area contributed by atoms with Crippen LogP contribution in [0.15, 0.2) is 0 Å². The van der Waals surface area contributed by atoms with Crippen LogP contribution in [-0.2, 0) is 4.84 Å². The largest absolute Gasteiger partial charge is 0.300 e. The van der Waals surface area contributed by atoms with Crippen LogP contribution < -0.4 is 0 Å². The molecule has 0 bridgehead atoms. The number of hydrogen-bond acceptors (Lipinski definition) is 2. The average molecular weight is 107 g/mol. The maximum atomic E-state index is 5.50. The average Bonchev–Trinajstić information content (AvgIpc) is 1.86. The second-order valence-corrected chi connectivity index (χ2v) is 2.07. The van der Waals surface area contributed by atoms with Crippen molar-refractivity contribution in [1.29, 1.82) is 0 Å². The lowest BCUT2D eigenvalue weighted by Gasteiger charge is -2.25. The third-order valence-electron chi connectivity index (χ3n) is 1.37. The van der Waals surface area contributed by atoms with Gasteiger partial charge in [0.2, 0.25) is 0 Å². The molecule has 0 aliphatic carbocycles. The minimum atomic E-state index is -0.736. The van der Waals surface area contributed by atoms with E-state index in [-0.39, 0.29) is 0 Å². The molecule has 0 spiro atoms. The maximum absolute atomic E-state index is 5.50. The van der Waals surface area contributed by atoms with Gasteiger partial charge in [-0.05, 0) is 11.8 Å². The highest BCUT2D eigenvalue weighted by atomic mass is 16.7. The summed E-state index contributed by atoms with van der Waals surface area (Å²) >= 11 is 0. The topological polar surface area (TPSA) is 12.5 Å². The van der Waals surface area contributed by atoms with E-state index in [0.29, 0.717) is 13.0 Å². The number of hydrogen-bond donors (Lipinski definition) is 0. The Morgan fingerprint density at radius 2 is 2.25 bits per heavy atom. The molecular formula is C4H7B2NO. The van der Waals surface area contributed by atoms with Gasteiger partial charge in [-0.15, -0.1) is 0 Å². The van der Waals surface area contributed by atoms with Gasteiger partial charge >= 0.3 is 0 Å². The molecule has 40 valence electrons. The molecule has 8 heavy (non-hydrogen) atoms. The molecule has 1 saturated heterocycles. The maximum Gasteiger partial charge on any atom is 0.0857 e. The smallest absolute Gasteiger partial charge is 0.0857 e. The van der Waals surface area contributed by atoms with E-state index in [2.05, 4.69) is 0 Å². The predicted molar refractivity (Wildman–Crippen MR) is 32.6 cm³/mol. The van der Waals surface area contributed by atoms with Crippen LogP contribution in [0.4, 0.5) is 0 Å². The van der Waals surface area contributed by atoms with Crippen LogP contribution >= 0.6 is 0 Å². The molecule has 0 atom stereocenters. The summed E-state index contributed by atoms with van der Waals surface area (Å²) in [6, 6.07) is 0. The summed E-state index contributed by atoms with van der Waals surface area (Å²) in [7, 11) is 12.7. The molecule has 1 aliphatic rings. The number of hydroxylamine groups is 2. The van der Waals surface area contributed by atoms with Crippen molar-refractivity contribution < 1.29 is 4.84 Å². The van der Waals surface area contributed by atoms with Gasteiger partial charge in [0.05, 0.1) is 22.3 Å². The fourth-order valence-corrected chi connectivity index (χ4v) is 0.624. The lowest BCUT2D eigenvalue weighted by atomic mass is 9.60. The van der Waals surface area contributed by atoms with Crippen molar-refractivity contribution in [3.63, 3.8) is 0 Å². The van der Waals surface area contributed by atoms with Crippen molar-refractivity contribution in [2.75, 3.05) is 13.7 Å². The van der Waals surface area contributed by atoms with Crippen molar-refractivity contribution in [1.82, 2.24) is 5.06 Å². The lowest BCUT2D eigenvalue weighted by Crippen LogP contribution is -2.41. The highest BCUT2D eigenvalue weighted by Gasteiger charge is 2.28. The molecule has 0 unspecified atom stereocenters. The summed E-state index contributed by atoms with van der Waals surface area (Å²) in [5.74, 6) is 0. The van der Waals surface area contributed by atoms with Gasteiger partial charge in [0.15, 0.2) is 0 Å². The van der Waals surface area contributed by atoms with E-state index in [0.717, 1.165) is 0 Å². The van der Waals surface area contributed by atoms with Gasteiger partial charge < -0.3 is 4.84 Å². The summed E-state index contributed by atoms with van der Waals surface area (Å²) in [5, 5.41) is 0.743. The van der Waals surface area contributed by atoms with E-state index in [9.17, 15) is 0 Å². The van der Waals surface area contributed by atoms with Crippen molar-refractivity contribution in [2.45, 2.75) is 11.8 Å². The zero-order chi connectivity index (χ0) is 6.20. The highest BCUT2D eigenvalue weighted by molar-refractivity contribution is 6.39. The molecule has 1 aliphatic heterocycles. The van der Waals surface area contributed by atoms with E-state index in [4.69, 9.17) is 20.5 Å². The zero-order valence-electron chi connectivity index (χ0n) is 4.92. The van der Waals surface area contributed by atoms with Crippen LogP contribution in [0.2, 0.25) is 0 Å². The molecule has 0 saturated carbocycles. The fraction of sp³-hybridized carbons (Fsp3) is 1.00. The quantitative estimate of drug-likeness (QED) is 0.377. The van der Waals surface area contributed by atoms with Crippen LogP contribution in [0.5, 0.6) is 0 Å². The Morgan fingerprint density at radius 1 is 1.62 bits per heavy atom. The Balaban J connectivity index is 2.54. The van der Waals surface area contributed by atoms with Crippen molar-refractivity contribution in [3.8, 4) is 0 Å². The zero-order valence-corrected chi connectivity index (χ0v) is 4.92. The van der Waals surface area contributed by atoms with E-state index in [1.807, 2.05) is 0 Å². The second-order valence-electron chi connectivity index (χ2n) is 2.07. The number of rotatable bonds is 0. The van der Waals surface area contributed by atoms with Crippen LogP contribution in [0.3, 0.4) is 0 Å². The Kier molecular flexibility index (Phi) is 1.37. The van der Waals surface area contributed by atoms with Crippen molar-refractivity contribution in [2.24, 2.45) is 0 Å². The Bertz CT molecular complexity index is 96.0. The van der Waals surface area contributed by atoms with Crippen LogP contribution in [0.25, 0.3) is 0 Å². The normalized spacial score (nSPS) is 28.6. The molecule has 1 heterocycles. The summed E-state index contributed by atoms with van der Waals surface area (Å²) in [5.41, 5.74) is 0. The van der Waals surface area contributed by atoms with Gasteiger partial charge in [-0.1, -0.05) is 0 Å². The first kappa shape index (κ1) is 6.17. The van der Waals surface area contributed by atoms with Crippen LogP contribution in [0, 0.1) is 0 Å². The van der Waals surface area contributed by atoms with Gasteiger partial charge in [0.1, 0.15) is 0 Å². The SMILES string of the molecule is [B]C1([B])CCON1C. The van der Waals surface area contributed by atoms with E-state index < -0.39 is 5.34 Å². The van der Waals surface area contributed by atoms with Gasteiger partial charge in [-0.25, -0.2) is 5.06 Å². The van der Waals surface area contributed by atoms with E-state index >= 15 is 0 Å². The molecule has 1 rings (SSSR count). The lowest BCUT2D eigenvalue weighted by molar-refractivity contribution is -0.103. The molecule has 1 fully saturated rings.